The largest absolute Gasteiger partial charge is 0.319 e. The summed E-state index contributed by atoms with van der Waals surface area (Å²) in [5.41, 5.74) is 10.5. The fourth-order valence-corrected chi connectivity index (χ4v) is 6.64. The molecular formula is C38H30NOP. The van der Waals surface area contributed by atoms with Crippen LogP contribution in [0.25, 0.3) is 60.9 Å². The highest BCUT2D eigenvalue weighted by Gasteiger charge is 2.16. The van der Waals surface area contributed by atoms with Gasteiger partial charge < -0.3 is 9.13 Å². The van der Waals surface area contributed by atoms with E-state index in [4.69, 9.17) is 0 Å². The summed E-state index contributed by atoms with van der Waals surface area (Å²) in [6.07, 6.45) is 0. The van der Waals surface area contributed by atoms with Gasteiger partial charge in [-0.1, -0.05) is 103 Å². The minimum Gasteiger partial charge on any atom is -0.319 e. The summed E-state index contributed by atoms with van der Waals surface area (Å²) in [6, 6.07) is 51.5. The van der Waals surface area contributed by atoms with E-state index < -0.39 is 7.14 Å². The average Bonchev–Trinajstić information content (AvgIpc) is 3.35. The van der Waals surface area contributed by atoms with Gasteiger partial charge in [0.05, 0.1) is 11.0 Å². The number of aromatic nitrogens is 1. The molecule has 0 fully saturated rings. The van der Waals surface area contributed by atoms with Gasteiger partial charge in [-0.25, -0.2) is 0 Å². The van der Waals surface area contributed by atoms with Crippen LogP contribution < -0.4 is 5.30 Å². The van der Waals surface area contributed by atoms with Crippen molar-refractivity contribution < 1.29 is 4.57 Å². The molecular weight excluding hydrogens is 517 g/mol. The molecule has 1 heterocycles. The fraction of sp³-hybridized carbons (Fsp3) is 0.0526. The molecule has 0 N–H and O–H groups in total. The molecule has 7 rings (SSSR count). The molecule has 0 aliphatic carbocycles. The molecule has 7 aromatic rings. The van der Waals surface area contributed by atoms with Crippen molar-refractivity contribution in [3.63, 3.8) is 0 Å². The molecule has 0 aliphatic heterocycles. The highest BCUT2D eigenvalue weighted by molar-refractivity contribution is 7.70. The molecule has 6 aromatic carbocycles. The Bertz CT molecular complexity index is 2070. The van der Waals surface area contributed by atoms with Gasteiger partial charge in [-0.05, 0) is 89.2 Å². The van der Waals surface area contributed by atoms with Crippen LogP contribution in [-0.2, 0) is 4.57 Å². The lowest BCUT2D eigenvalue weighted by molar-refractivity contribution is 0.588. The Morgan fingerprint density at radius 1 is 0.439 bits per heavy atom. The lowest BCUT2D eigenvalue weighted by Crippen LogP contribution is -2.02. The van der Waals surface area contributed by atoms with Gasteiger partial charge >= 0.3 is 0 Å². The third kappa shape index (κ3) is 4.71. The maximum atomic E-state index is 12.8. The number of nitrogens with zero attached hydrogens (tertiary/aromatic N) is 1. The van der Waals surface area contributed by atoms with Gasteiger partial charge in [0.15, 0.2) is 0 Å². The van der Waals surface area contributed by atoms with Gasteiger partial charge in [0.1, 0.15) is 7.14 Å². The van der Waals surface area contributed by atoms with Crippen molar-refractivity contribution in [1.82, 2.24) is 4.57 Å². The van der Waals surface area contributed by atoms with Crippen LogP contribution in [0, 0.1) is 0 Å². The van der Waals surface area contributed by atoms with E-state index in [1.807, 2.05) is 31.5 Å². The van der Waals surface area contributed by atoms with Crippen molar-refractivity contribution >= 4 is 34.3 Å². The fourth-order valence-electron chi connectivity index (χ4n) is 5.74. The summed E-state index contributed by atoms with van der Waals surface area (Å²) < 4.78 is 15.2. The molecule has 0 saturated carbocycles. The number of fused-ring (bicyclic) bond motifs is 3. The topological polar surface area (TPSA) is 22.0 Å². The molecule has 0 saturated heterocycles. The summed E-state index contributed by atoms with van der Waals surface area (Å²) in [5.74, 6) is 0. The number of benzene rings is 6. The Morgan fingerprint density at radius 2 is 0.878 bits per heavy atom. The van der Waals surface area contributed by atoms with E-state index in [2.05, 4.69) is 132 Å². The van der Waals surface area contributed by atoms with E-state index in [9.17, 15) is 4.57 Å². The van der Waals surface area contributed by atoms with Crippen LogP contribution in [-0.4, -0.2) is 17.9 Å². The number of hydrogen-bond acceptors (Lipinski definition) is 1. The van der Waals surface area contributed by atoms with E-state index in [0.29, 0.717) is 0 Å². The van der Waals surface area contributed by atoms with E-state index in [0.717, 1.165) is 22.1 Å². The summed E-state index contributed by atoms with van der Waals surface area (Å²) in [6.45, 7) is 3.66. The van der Waals surface area contributed by atoms with Crippen molar-refractivity contribution in [2.75, 3.05) is 13.3 Å². The van der Waals surface area contributed by atoms with Gasteiger partial charge in [-0.2, -0.15) is 0 Å². The molecule has 0 amide bonds. The highest BCUT2D eigenvalue weighted by Crippen LogP contribution is 2.39. The number of hydrogen-bond donors (Lipinski definition) is 0. The summed E-state index contributed by atoms with van der Waals surface area (Å²) in [5, 5.41) is 3.32. The van der Waals surface area contributed by atoms with E-state index in [1.165, 1.54) is 44.1 Å². The van der Waals surface area contributed by atoms with Crippen molar-refractivity contribution in [2.45, 2.75) is 0 Å². The average molecular weight is 548 g/mol. The first-order chi connectivity index (χ1) is 20.0. The molecule has 0 radical (unpaired) electrons. The van der Waals surface area contributed by atoms with Crippen molar-refractivity contribution in [1.29, 1.82) is 0 Å². The first kappa shape index (κ1) is 25.3. The third-order valence-corrected chi connectivity index (χ3v) is 9.43. The second-order valence-electron chi connectivity index (χ2n) is 11.0. The summed E-state index contributed by atoms with van der Waals surface area (Å²) in [7, 11) is -2.36. The zero-order valence-electron chi connectivity index (χ0n) is 23.2. The first-order valence-electron chi connectivity index (χ1n) is 13.9. The number of para-hydroxylation sites is 1. The zero-order valence-corrected chi connectivity index (χ0v) is 24.1. The van der Waals surface area contributed by atoms with E-state index in [-0.39, 0.29) is 0 Å². The minimum absolute atomic E-state index is 0.906. The minimum atomic E-state index is -2.36. The predicted molar refractivity (Wildman–Crippen MR) is 176 cm³/mol. The Hall–Kier alpha value is -4.65. The van der Waals surface area contributed by atoms with Crippen LogP contribution in [0.3, 0.4) is 0 Å². The van der Waals surface area contributed by atoms with Crippen LogP contribution in [0.4, 0.5) is 0 Å². The summed E-state index contributed by atoms with van der Waals surface area (Å²) in [4.78, 5) is 0. The molecule has 41 heavy (non-hydrogen) atoms. The van der Waals surface area contributed by atoms with Crippen LogP contribution in [0.1, 0.15) is 0 Å². The normalized spacial score (nSPS) is 11.8. The molecule has 3 heteroatoms. The second kappa shape index (κ2) is 10.1. The van der Waals surface area contributed by atoms with Gasteiger partial charge in [0, 0.05) is 21.8 Å². The van der Waals surface area contributed by atoms with Crippen molar-refractivity contribution in [2.24, 2.45) is 0 Å². The quantitative estimate of drug-likeness (QED) is 0.197. The third-order valence-electron chi connectivity index (χ3n) is 7.91. The Balaban J connectivity index is 1.41. The van der Waals surface area contributed by atoms with Crippen LogP contribution in [0.5, 0.6) is 0 Å². The van der Waals surface area contributed by atoms with E-state index in [1.54, 1.807) is 0 Å². The van der Waals surface area contributed by atoms with Gasteiger partial charge in [0.2, 0.25) is 0 Å². The predicted octanol–water partition coefficient (Wildman–Crippen LogP) is 10.0. The maximum absolute atomic E-state index is 12.8. The second-order valence-corrected chi connectivity index (χ2v) is 14.2. The zero-order chi connectivity index (χ0) is 28.0. The lowest BCUT2D eigenvalue weighted by atomic mass is 9.98. The first-order valence-corrected chi connectivity index (χ1v) is 16.5. The molecule has 0 spiro atoms. The number of rotatable bonds is 5. The molecule has 198 valence electrons. The molecule has 0 atom stereocenters. The van der Waals surface area contributed by atoms with Crippen molar-refractivity contribution in [3.8, 4) is 39.1 Å². The molecule has 2 nitrogen and oxygen atoms in total. The van der Waals surface area contributed by atoms with Gasteiger partial charge in [0.25, 0.3) is 0 Å². The smallest absolute Gasteiger partial charge is 0.109 e. The van der Waals surface area contributed by atoms with Crippen molar-refractivity contribution in [3.05, 3.63) is 146 Å². The van der Waals surface area contributed by atoms with Gasteiger partial charge in [-0.15, -0.1) is 0 Å². The Morgan fingerprint density at radius 3 is 1.46 bits per heavy atom. The molecule has 0 aliphatic rings. The molecule has 0 bridgehead atoms. The van der Waals surface area contributed by atoms with Gasteiger partial charge in [-0.3, -0.25) is 0 Å². The lowest BCUT2D eigenvalue weighted by Gasteiger charge is -2.10. The van der Waals surface area contributed by atoms with Crippen LogP contribution in [0.2, 0.25) is 0 Å². The molecule has 0 unspecified atom stereocenters. The SMILES string of the molecule is CP(C)(=O)c1cccc(-c2ccc3c(c2)c2cc(-c4ccc(-c5ccccc5)cc4)ccc2n3-c2ccccc2)c1. The standard InChI is InChI=1S/C38H30NOP/c1-41(2,40)34-15-9-12-30(24-34)32-21-23-38-36(26-32)35-25-31(20-22-37(35)39(38)33-13-7-4-8-14-33)29-18-16-28(17-19-29)27-10-5-3-6-11-27/h3-26H,1-2H3. The van der Waals surface area contributed by atoms with Crippen LogP contribution in [0.15, 0.2) is 146 Å². The Labute approximate surface area is 240 Å². The monoisotopic (exact) mass is 547 g/mol. The summed E-state index contributed by atoms with van der Waals surface area (Å²) >= 11 is 0. The van der Waals surface area contributed by atoms with Crippen LogP contribution >= 0.6 is 7.14 Å². The van der Waals surface area contributed by atoms with E-state index >= 15 is 0 Å². The molecule has 1 aromatic heterocycles. The Kier molecular flexibility index (Phi) is 6.22. The maximum Gasteiger partial charge on any atom is 0.109 e. The highest BCUT2D eigenvalue weighted by atomic mass is 31.2.